The summed E-state index contributed by atoms with van der Waals surface area (Å²) in [6.07, 6.45) is -0.911. The second-order valence-electron chi connectivity index (χ2n) is 5.75. The zero-order valence-electron chi connectivity index (χ0n) is 12.8. The van der Waals surface area contributed by atoms with Crippen molar-refractivity contribution in [3.63, 3.8) is 0 Å². The number of benzene rings is 1. The summed E-state index contributed by atoms with van der Waals surface area (Å²) in [5, 5.41) is 9.06. The molecule has 1 aromatic carbocycles. The minimum atomic E-state index is -1.08. The summed E-state index contributed by atoms with van der Waals surface area (Å²) in [5.41, 5.74) is 1.53. The molecule has 23 heavy (non-hydrogen) atoms. The van der Waals surface area contributed by atoms with Gasteiger partial charge in [-0.1, -0.05) is 18.2 Å². The van der Waals surface area contributed by atoms with E-state index in [1.165, 1.54) is 4.90 Å². The molecule has 1 aromatic rings. The first kappa shape index (κ1) is 15.5. The lowest BCUT2D eigenvalue weighted by molar-refractivity contribution is -0.160. The quantitative estimate of drug-likeness (QED) is 0.855. The number of fused-ring (bicyclic) bond motifs is 1. The van der Waals surface area contributed by atoms with Crippen LogP contribution in [0.2, 0.25) is 0 Å². The summed E-state index contributed by atoms with van der Waals surface area (Å²) in [7, 11) is 1.69. The van der Waals surface area contributed by atoms with Crippen LogP contribution in [0.1, 0.15) is 17.9 Å². The van der Waals surface area contributed by atoms with E-state index in [2.05, 4.69) is 0 Å². The minimum absolute atomic E-state index is 0.0108. The third-order valence-corrected chi connectivity index (χ3v) is 4.38. The molecule has 1 N–H and O–H groups in total. The molecule has 0 radical (unpaired) electrons. The van der Waals surface area contributed by atoms with E-state index < -0.39 is 18.0 Å². The molecule has 2 amide bonds. The van der Waals surface area contributed by atoms with Crippen molar-refractivity contribution in [3.8, 4) is 0 Å². The van der Waals surface area contributed by atoms with Gasteiger partial charge in [0.25, 0.3) is 0 Å². The molecule has 2 atom stereocenters. The Morgan fingerprint density at radius 3 is 2.78 bits per heavy atom. The highest BCUT2D eigenvalue weighted by Gasteiger charge is 2.38. The van der Waals surface area contributed by atoms with Crippen molar-refractivity contribution in [2.45, 2.75) is 18.4 Å². The number of carbonyl (C=O) groups is 3. The Morgan fingerprint density at radius 1 is 1.30 bits per heavy atom. The Bertz CT molecular complexity index is 660. The van der Waals surface area contributed by atoms with Crippen molar-refractivity contribution in [1.29, 1.82) is 0 Å². The second kappa shape index (κ2) is 6.00. The van der Waals surface area contributed by atoms with Crippen LogP contribution in [0.5, 0.6) is 0 Å². The normalized spacial score (nSPS) is 24.3. The number of carbonyl (C=O) groups excluding carboxylic acids is 2. The summed E-state index contributed by atoms with van der Waals surface area (Å²) >= 11 is 0. The van der Waals surface area contributed by atoms with Gasteiger partial charge in [0, 0.05) is 25.7 Å². The van der Waals surface area contributed by atoms with Gasteiger partial charge < -0.3 is 19.6 Å². The fourth-order valence-corrected chi connectivity index (χ4v) is 3.08. The van der Waals surface area contributed by atoms with Gasteiger partial charge >= 0.3 is 5.97 Å². The maximum Gasteiger partial charge on any atom is 0.334 e. The van der Waals surface area contributed by atoms with E-state index in [4.69, 9.17) is 9.84 Å². The fraction of sp³-hybridized carbons (Fsp3) is 0.438. The number of para-hydroxylation sites is 1. The molecule has 0 spiro atoms. The predicted molar refractivity (Wildman–Crippen MR) is 81.2 cm³/mol. The Kier molecular flexibility index (Phi) is 4.04. The third kappa shape index (κ3) is 2.79. The largest absolute Gasteiger partial charge is 0.479 e. The Balaban J connectivity index is 1.86. The van der Waals surface area contributed by atoms with Crippen LogP contribution in [0.3, 0.4) is 0 Å². The number of carboxylic acid groups (broad SMARTS) is 1. The lowest BCUT2D eigenvalue weighted by Crippen LogP contribution is -2.51. The standard InChI is InChI=1S/C16H18N2O5/c1-17-12-5-3-2-4-10(12)11(8-14(17)19)15(20)18-6-7-23-13(9-18)16(21)22/h2-5,11,13H,6-9H2,1H3,(H,21,22)/t11-,13-/m0/s1. The number of morpholine rings is 1. The van der Waals surface area contributed by atoms with E-state index in [0.29, 0.717) is 6.54 Å². The molecule has 1 fully saturated rings. The van der Waals surface area contributed by atoms with E-state index in [1.54, 1.807) is 11.9 Å². The van der Waals surface area contributed by atoms with Crippen molar-refractivity contribution >= 4 is 23.5 Å². The van der Waals surface area contributed by atoms with Crippen LogP contribution in [0, 0.1) is 0 Å². The van der Waals surface area contributed by atoms with E-state index in [0.717, 1.165) is 11.3 Å². The van der Waals surface area contributed by atoms with Gasteiger partial charge in [-0.2, -0.15) is 0 Å². The minimum Gasteiger partial charge on any atom is -0.479 e. The molecule has 122 valence electrons. The number of hydrogen-bond acceptors (Lipinski definition) is 4. The summed E-state index contributed by atoms with van der Waals surface area (Å²) in [6, 6.07) is 7.31. The first-order valence-corrected chi connectivity index (χ1v) is 7.47. The van der Waals surface area contributed by atoms with E-state index in [-0.39, 0.29) is 31.4 Å². The monoisotopic (exact) mass is 318 g/mol. The average molecular weight is 318 g/mol. The molecule has 3 rings (SSSR count). The van der Waals surface area contributed by atoms with Crippen LogP contribution in [-0.4, -0.2) is 60.6 Å². The van der Waals surface area contributed by atoms with Crippen molar-refractivity contribution in [1.82, 2.24) is 4.90 Å². The van der Waals surface area contributed by atoms with Crippen LogP contribution in [0.4, 0.5) is 5.69 Å². The first-order chi connectivity index (χ1) is 11.0. The van der Waals surface area contributed by atoms with Gasteiger partial charge in [-0.3, -0.25) is 9.59 Å². The van der Waals surface area contributed by atoms with Crippen molar-refractivity contribution in [3.05, 3.63) is 29.8 Å². The van der Waals surface area contributed by atoms with E-state index in [1.807, 2.05) is 24.3 Å². The first-order valence-electron chi connectivity index (χ1n) is 7.47. The summed E-state index contributed by atoms with van der Waals surface area (Å²) in [4.78, 5) is 39.1. The maximum atomic E-state index is 12.8. The molecule has 7 nitrogen and oxygen atoms in total. The molecule has 0 bridgehead atoms. The molecular weight excluding hydrogens is 300 g/mol. The molecule has 2 aliphatic rings. The van der Waals surface area contributed by atoms with Crippen molar-refractivity contribution in [2.75, 3.05) is 31.6 Å². The fourth-order valence-electron chi connectivity index (χ4n) is 3.08. The molecule has 2 heterocycles. The number of nitrogens with zero attached hydrogens (tertiary/aromatic N) is 2. The zero-order valence-corrected chi connectivity index (χ0v) is 12.8. The van der Waals surface area contributed by atoms with Gasteiger partial charge in [0.2, 0.25) is 11.8 Å². The zero-order chi connectivity index (χ0) is 16.6. The highest BCUT2D eigenvalue weighted by atomic mass is 16.5. The van der Waals surface area contributed by atoms with Gasteiger partial charge in [0.15, 0.2) is 6.10 Å². The highest BCUT2D eigenvalue weighted by Crippen LogP contribution is 2.36. The van der Waals surface area contributed by atoms with Crippen LogP contribution in [0.25, 0.3) is 0 Å². The van der Waals surface area contributed by atoms with Gasteiger partial charge in [-0.25, -0.2) is 4.79 Å². The van der Waals surface area contributed by atoms with Gasteiger partial charge in [0.1, 0.15) is 0 Å². The molecular formula is C16H18N2O5. The summed E-state index contributed by atoms with van der Waals surface area (Å²) in [6.45, 7) is 0.535. The lowest BCUT2D eigenvalue weighted by Gasteiger charge is -2.36. The smallest absolute Gasteiger partial charge is 0.334 e. The second-order valence-corrected chi connectivity index (χ2v) is 5.75. The van der Waals surface area contributed by atoms with E-state index >= 15 is 0 Å². The van der Waals surface area contributed by atoms with E-state index in [9.17, 15) is 14.4 Å². The Labute approximate surface area is 133 Å². The predicted octanol–water partition coefficient (Wildman–Crippen LogP) is 0.449. The van der Waals surface area contributed by atoms with Crippen LogP contribution in [0.15, 0.2) is 24.3 Å². The Hall–Kier alpha value is -2.41. The lowest BCUT2D eigenvalue weighted by atomic mass is 9.88. The highest BCUT2D eigenvalue weighted by molar-refractivity contribution is 6.02. The van der Waals surface area contributed by atoms with Gasteiger partial charge in [0.05, 0.1) is 19.1 Å². The topological polar surface area (TPSA) is 87.2 Å². The van der Waals surface area contributed by atoms with Crippen molar-refractivity contribution < 1.29 is 24.2 Å². The molecule has 0 aromatic heterocycles. The molecule has 0 saturated carbocycles. The van der Waals surface area contributed by atoms with Crippen LogP contribution >= 0.6 is 0 Å². The molecule has 7 heteroatoms. The van der Waals surface area contributed by atoms with Crippen LogP contribution in [-0.2, 0) is 19.1 Å². The average Bonchev–Trinajstić information content (AvgIpc) is 2.57. The number of aliphatic carboxylic acids is 1. The molecule has 1 saturated heterocycles. The van der Waals surface area contributed by atoms with Gasteiger partial charge in [-0.05, 0) is 11.6 Å². The Morgan fingerprint density at radius 2 is 2.04 bits per heavy atom. The number of anilines is 1. The SMILES string of the molecule is CN1C(=O)C[C@H](C(=O)N2CCO[C@H](C(=O)O)C2)c2ccccc21. The third-order valence-electron chi connectivity index (χ3n) is 4.38. The number of carboxylic acids is 1. The summed E-state index contributed by atoms with van der Waals surface area (Å²) < 4.78 is 5.15. The number of ether oxygens (including phenoxy) is 1. The number of rotatable bonds is 2. The van der Waals surface area contributed by atoms with Gasteiger partial charge in [-0.15, -0.1) is 0 Å². The summed E-state index contributed by atoms with van der Waals surface area (Å²) in [5.74, 6) is -1.98. The van der Waals surface area contributed by atoms with Crippen LogP contribution < -0.4 is 4.90 Å². The number of hydrogen-bond donors (Lipinski definition) is 1. The van der Waals surface area contributed by atoms with Crippen molar-refractivity contribution in [2.24, 2.45) is 0 Å². The number of amides is 2. The molecule has 2 aliphatic heterocycles. The molecule has 0 aliphatic carbocycles. The maximum absolute atomic E-state index is 12.8. The molecule has 0 unspecified atom stereocenters.